The molecule has 3 rings (SSSR count). The molecule has 0 saturated carbocycles. The lowest BCUT2D eigenvalue weighted by Crippen LogP contribution is -2.52. The van der Waals surface area contributed by atoms with Crippen molar-refractivity contribution >= 4 is 17.5 Å². The first kappa shape index (κ1) is 17.0. The summed E-state index contributed by atoms with van der Waals surface area (Å²) in [6.45, 7) is 2.78. The van der Waals surface area contributed by atoms with Gasteiger partial charge in [-0.3, -0.25) is 14.3 Å². The average molecular weight is 333 g/mol. The summed E-state index contributed by atoms with van der Waals surface area (Å²) in [7, 11) is 1.83. The van der Waals surface area contributed by atoms with Gasteiger partial charge in [-0.25, -0.2) is 0 Å². The first-order valence-corrected chi connectivity index (χ1v) is 8.93. The standard InChI is InChI=1S/C17H27N5O2/c1-21-12-14(11-19-21)22-10-2-3-15(17(22)24)20-16(23)5-4-13-6-8-18-9-7-13/h11-13,15,18H,2-10H2,1H3,(H,20,23). The average Bonchev–Trinajstić information content (AvgIpc) is 3.02. The summed E-state index contributed by atoms with van der Waals surface area (Å²) in [5.74, 6) is 0.607. The van der Waals surface area contributed by atoms with Crippen LogP contribution in [0.2, 0.25) is 0 Å². The highest BCUT2D eigenvalue weighted by Crippen LogP contribution is 2.21. The van der Waals surface area contributed by atoms with E-state index in [1.165, 1.54) is 0 Å². The van der Waals surface area contributed by atoms with Crippen molar-refractivity contribution in [3.05, 3.63) is 12.4 Å². The topological polar surface area (TPSA) is 79.3 Å². The zero-order valence-electron chi connectivity index (χ0n) is 14.3. The quantitative estimate of drug-likeness (QED) is 0.836. The smallest absolute Gasteiger partial charge is 0.249 e. The van der Waals surface area contributed by atoms with Gasteiger partial charge in [0.1, 0.15) is 6.04 Å². The summed E-state index contributed by atoms with van der Waals surface area (Å²) < 4.78 is 1.68. The van der Waals surface area contributed by atoms with Gasteiger partial charge in [0.25, 0.3) is 0 Å². The minimum atomic E-state index is -0.403. The predicted molar refractivity (Wildman–Crippen MR) is 91.6 cm³/mol. The Bertz CT molecular complexity index is 579. The van der Waals surface area contributed by atoms with E-state index in [-0.39, 0.29) is 11.8 Å². The van der Waals surface area contributed by atoms with E-state index in [2.05, 4.69) is 15.7 Å². The van der Waals surface area contributed by atoms with Gasteiger partial charge in [-0.2, -0.15) is 5.10 Å². The number of anilines is 1. The molecule has 0 aromatic carbocycles. The zero-order chi connectivity index (χ0) is 16.9. The highest BCUT2D eigenvalue weighted by molar-refractivity contribution is 5.99. The van der Waals surface area contributed by atoms with Crippen molar-refractivity contribution in [3.63, 3.8) is 0 Å². The van der Waals surface area contributed by atoms with Gasteiger partial charge < -0.3 is 15.5 Å². The van der Waals surface area contributed by atoms with Crippen molar-refractivity contribution in [2.24, 2.45) is 13.0 Å². The maximum atomic E-state index is 12.6. The van der Waals surface area contributed by atoms with E-state index in [0.717, 1.165) is 44.5 Å². The van der Waals surface area contributed by atoms with Crippen molar-refractivity contribution in [1.29, 1.82) is 0 Å². The number of hydrogen-bond donors (Lipinski definition) is 2. The van der Waals surface area contributed by atoms with E-state index in [9.17, 15) is 9.59 Å². The molecule has 1 aromatic heterocycles. The van der Waals surface area contributed by atoms with E-state index in [1.807, 2.05) is 13.2 Å². The van der Waals surface area contributed by atoms with E-state index in [4.69, 9.17) is 0 Å². The molecule has 0 spiro atoms. The van der Waals surface area contributed by atoms with Gasteiger partial charge in [0, 0.05) is 26.2 Å². The summed E-state index contributed by atoms with van der Waals surface area (Å²) >= 11 is 0. The van der Waals surface area contributed by atoms with Crippen LogP contribution in [0.25, 0.3) is 0 Å². The van der Waals surface area contributed by atoms with Gasteiger partial charge in [-0.05, 0) is 51.1 Å². The van der Waals surface area contributed by atoms with Gasteiger partial charge in [0.05, 0.1) is 11.9 Å². The van der Waals surface area contributed by atoms with Crippen LogP contribution in [0.15, 0.2) is 12.4 Å². The molecule has 1 unspecified atom stereocenters. The second-order valence-corrected chi connectivity index (χ2v) is 6.86. The lowest BCUT2D eigenvalue weighted by atomic mass is 9.93. The number of aromatic nitrogens is 2. The molecule has 7 heteroatoms. The molecule has 0 bridgehead atoms. The summed E-state index contributed by atoms with van der Waals surface area (Å²) in [6.07, 6.45) is 8.85. The van der Waals surface area contributed by atoms with Crippen molar-refractivity contribution in [2.75, 3.05) is 24.5 Å². The highest BCUT2D eigenvalue weighted by atomic mass is 16.2. The van der Waals surface area contributed by atoms with Gasteiger partial charge >= 0.3 is 0 Å². The maximum Gasteiger partial charge on any atom is 0.249 e. The minimum absolute atomic E-state index is 0.0000747. The Morgan fingerprint density at radius 2 is 2.17 bits per heavy atom. The number of nitrogens with zero attached hydrogens (tertiary/aromatic N) is 3. The van der Waals surface area contributed by atoms with Crippen molar-refractivity contribution in [3.8, 4) is 0 Å². The number of hydrogen-bond acceptors (Lipinski definition) is 4. The van der Waals surface area contributed by atoms with Gasteiger partial charge in [0.15, 0.2) is 0 Å². The summed E-state index contributed by atoms with van der Waals surface area (Å²) in [5, 5.41) is 10.4. The van der Waals surface area contributed by atoms with Gasteiger partial charge in [-0.15, -0.1) is 0 Å². The molecule has 2 fully saturated rings. The number of rotatable bonds is 5. The number of amides is 2. The third kappa shape index (κ3) is 4.14. The molecule has 0 aliphatic carbocycles. The molecule has 2 aliphatic rings. The SMILES string of the molecule is Cn1cc(N2CCCC(NC(=O)CCC3CCNCC3)C2=O)cn1. The van der Waals surface area contributed by atoms with E-state index in [0.29, 0.717) is 25.3 Å². The molecule has 2 saturated heterocycles. The number of aryl methyl sites for hydroxylation is 1. The Hall–Kier alpha value is -1.89. The Morgan fingerprint density at radius 1 is 1.38 bits per heavy atom. The molecule has 24 heavy (non-hydrogen) atoms. The third-order valence-electron chi connectivity index (χ3n) is 5.02. The number of nitrogens with one attached hydrogen (secondary N) is 2. The fraction of sp³-hybridized carbons (Fsp3) is 0.706. The van der Waals surface area contributed by atoms with Crippen LogP contribution in [0, 0.1) is 5.92 Å². The van der Waals surface area contributed by atoms with Crippen molar-refractivity contribution in [2.45, 2.75) is 44.6 Å². The highest BCUT2D eigenvalue weighted by Gasteiger charge is 2.31. The molecule has 0 radical (unpaired) electrons. The van der Waals surface area contributed by atoms with Crippen LogP contribution in [-0.2, 0) is 16.6 Å². The molecule has 2 amide bonds. The normalized spacial score (nSPS) is 22.6. The number of carbonyl (C=O) groups excluding carboxylic acids is 2. The third-order valence-corrected chi connectivity index (χ3v) is 5.02. The Balaban J connectivity index is 1.50. The zero-order valence-corrected chi connectivity index (χ0v) is 14.3. The van der Waals surface area contributed by atoms with E-state index >= 15 is 0 Å². The van der Waals surface area contributed by atoms with Crippen molar-refractivity contribution in [1.82, 2.24) is 20.4 Å². The monoisotopic (exact) mass is 333 g/mol. The number of carbonyl (C=O) groups is 2. The summed E-state index contributed by atoms with van der Waals surface area (Å²) in [6, 6.07) is -0.403. The van der Waals surface area contributed by atoms with Crippen LogP contribution in [-0.4, -0.2) is 47.3 Å². The molecule has 132 valence electrons. The molecular formula is C17H27N5O2. The molecule has 2 aliphatic heterocycles. The first-order chi connectivity index (χ1) is 11.6. The first-order valence-electron chi connectivity index (χ1n) is 8.93. The van der Waals surface area contributed by atoms with E-state index < -0.39 is 6.04 Å². The van der Waals surface area contributed by atoms with Gasteiger partial charge in [0.2, 0.25) is 11.8 Å². The Labute approximate surface area is 142 Å². The molecule has 3 heterocycles. The fourth-order valence-electron chi connectivity index (χ4n) is 3.59. The largest absolute Gasteiger partial charge is 0.344 e. The lowest BCUT2D eigenvalue weighted by molar-refractivity contribution is -0.128. The lowest BCUT2D eigenvalue weighted by Gasteiger charge is -2.32. The molecule has 1 aromatic rings. The second-order valence-electron chi connectivity index (χ2n) is 6.86. The molecule has 1 atom stereocenters. The van der Waals surface area contributed by atoms with Crippen LogP contribution in [0.3, 0.4) is 0 Å². The molecular weight excluding hydrogens is 306 g/mol. The van der Waals surface area contributed by atoms with E-state index in [1.54, 1.807) is 15.8 Å². The summed E-state index contributed by atoms with van der Waals surface area (Å²) in [5.41, 5.74) is 0.802. The fourth-order valence-corrected chi connectivity index (χ4v) is 3.59. The van der Waals surface area contributed by atoms with Gasteiger partial charge in [-0.1, -0.05) is 0 Å². The van der Waals surface area contributed by atoms with Crippen LogP contribution in [0.1, 0.15) is 38.5 Å². The molecule has 7 nitrogen and oxygen atoms in total. The van der Waals surface area contributed by atoms with Crippen LogP contribution < -0.4 is 15.5 Å². The number of piperidine rings is 2. The van der Waals surface area contributed by atoms with Crippen molar-refractivity contribution < 1.29 is 9.59 Å². The summed E-state index contributed by atoms with van der Waals surface area (Å²) in [4.78, 5) is 26.6. The Kier molecular flexibility index (Phi) is 5.50. The second kappa shape index (κ2) is 7.79. The van der Waals surface area contributed by atoms with Crippen LogP contribution in [0.5, 0.6) is 0 Å². The minimum Gasteiger partial charge on any atom is -0.344 e. The Morgan fingerprint density at radius 3 is 2.88 bits per heavy atom. The maximum absolute atomic E-state index is 12.6. The van der Waals surface area contributed by atoms with Crippen LogP contribution >= 0.6 is 0 Å². The predicted octanol–water partition coefficient (Wildman–Crippen LogP) is 0.811. The molecule has 2 N–H and O–H groups in total. The van der Waals surface area contributed by atoms with Crippen LogP contribution in [0.4, 0.5) is 5.69 Å².